The Hall–Kier alpha value is -2.96. The number of aromatic nitrogens is 1. The number of nitrogens with zero attached hydrogens (tertiary/aromatic N) is 3. The first-order chi connectivity index (χ1) is 12.1. The normalized spacial score (nSPS) is 22.1. The number of anilines is 1. The Morgan fingerprint density at radius 3 is 3.00 bits per heavy atom. The van der Waals surface area contributed by atoms with Gasteiger partial charge >= 0.3 is 0 Å². The number of hydrogen-bond donors (Lipinski definition) is 1. The molecule has 1 aromatic heterocycles. The molecule has 1 spiro atoms. The van der Waals surface area contributed by atoms with Gasteiger partial charge in [0.1, 0.15) is 5.71 Å². The first kappa shape index (κ1) is 15.6. The largest absolute Gasteiger partial charge is 0.386 e. The quantitative estimate of drug-likeness (QED) is 0.907. The molecular weight excluding hydrogens is 320 g/mol. The Morgan fingerprint density at radius 1 is 1.32 bits per heavy atom. The number of amides is 2. The second kappa shape index (κ2) is 5.84. The van der Waals surface area contributed by atoms with Crippen molar-refractivity contribution >= 4 is 34.0 Å². The molecule has 2 amide bonds. The van der Waals surface area contributed by atoms with Crippen molar-refractivity contribution in [1.82, 2.24) is 9.88 Å². The first-order valence-electron chi connectivity index (χ1n) is 8.21. The van der Waals surface area contributed by atoms with Crippen LogP contribution >= 0.6 is 0 Å². The topological polar surface area (TPSA) is 83.9 Å². The van der Waals surface area contributed by atoms with Gasteiger partial charge < -0.3 is 15.1 Å². The summed E-state index contributed by atoms with van der Waals surface area (Å²) in [6.07, 6.45) is 4.55. The van der Waals surface area contributed by atoms with E-state index in [-0.39, 0.29) is 11.8 Å². The minimum atomic E-state index is -0.555. The molecule has 1 saturated heterocycles. The van der Waals surface area contributed by atoms with E-state index in [9.17, 15) is 9.59 Å². The highest BCUT2D eigenvalue weighted by atomic mass is 16.7. The van der Waals surface area contributed by atoms with E-state index in [0.29, 0.717) is 37.3 Å². The van der Waals surface area contributed by atoms with Crippen LogP contribution in [0.3, 0.4) is 0 Å². The van der Waals surface area contributed by atoms with Crippen LogP contribution in [0.5, 0.6) is 0 Å². The lowest BCUT2D eigenvalue weighted by Crippen LogP contribution is -2.36. The predicted molar refractivity (Wildman–Crippen MR) is 93.1 cm³/mol. The zero-order valence-corrected chi connectivity index (χ0v) is 13.9. The van der Waals surface area contributed by atoms with Crippen molar-refractivity contribution in [1.29, 1.82) is 0 Å². The molecule has 2 aromatic rings. The number of oxime groups is 1. The average Bonchev–Trinajstić information content (AvgIpc) is 3.23. The molecule has 2 aliphatic heterocycles. The van der Waals surface area contributed by atoms with Gasteiger partial charge in [-0.2, -0.15) is 0 Å². The fourth-order valence-electron chi connectivity index (χ4n) is 3.40. The van der Waals surface area contributed by atoms with E-state index in [0.717, 1.165) is 10.8 Å². The molecular formula is C18H18N4O3. The van der Waals surface area contributed by atoms with E-state index in [1.807, 2.05) is 24.3 Å². The Morgan fingerprint density at radius 2 is 2.20 bits per heavy atom. The number of nitrogens with one attached hydrogen (secondary N) is 1. The fourth-order valence-corrected chi connectivity index (χ4v) is 3.40. The highest BCUT2D eigenvalue weighted by Gasteiger charge is 2.47. The zero-order valence-electron chi connectivity index (χ0n) is 13.9. The number of carbonyl (C=O) groups is 2. The summed E-state index contributed by atoms with van der Waals surface area (Å²) in [7, 11) is 0. The third-order valence-electron chi connectivity index (χ3n) is 4.79. The van der Waals surface area contributed by atoms with Gasteiger partial charge in [-0.3, -0.25) is 14.6 Å². The van der Waals surface area contributed by atoms with Gasteiger partial charge in [0.2, 0.25) is 5.91 Å². The van der Waals surface area contributed by atoms with Crippen LogP contribution in [0.1, 0.15) is 19.8 Å². The fraction of sp³-hybridized carbons (Fsp3) is 0.333. The number of carbonyl (C=O) groups excluding carboxylic acids is 2. The minimum Gasteiger partial charge on any atom is -0.386 e. The summed E-state index contributed by atoms with van der Waals surface area (Å²) < 4.78 is 0. The standard InChI is InChI=1S/C18H18N4O3/c1-12(23)22-8-6-18(11-22)9-16(21-25-18)17(24)20-15-4-2-3-13-10-19-7-5-14(13)15/h2-5,7,10H,6,8-9,11H2,1H3,(H,20,24). The Bertz CT molecular complexity index is 890. The molecule has 128 valence electrons. The number of fused-ring (bicyclic) bond motifs is 1. The Kier molecular flexibility index (Phi) is 3.63. The maximum Gasteiger partial charge on any atom is 0.273 e. The smallest absolute Gasteiger partial charge is 0.273 e. The van der Waals surface area contributed by atoms with Crippen LogP contribution in [-0.4, -0.2) is 46.1 Å². The zero-order chi connectivity index (χ0) is 17.4. The molecule has 4 rings (SSSR count). The molecule has 0 saturated carbocycles. The van der Waals surface area contributed by atoms with Gasteiger partial charge in [-0.05, 0) is 12.1 Å². The van der Waals surface area contributed by atoms with Gasteiger partial charge in [-0.25, -0.2) is 0 Å². The van der Waals surface area contributed by atoms with Crippen LogP contribution in [0.2, 0.25) is 0 Å². The molecule has 1 fully saturated rings. The van der Waals surface area contributed by atoms with Crippen molar-refractivity contribution in [3.05, 3.63) is 36.7 Å². The molecule has 7 nitrogen and oxygen atoms in total. The van der Waals surface area contributed by atoms with Gasteiger partial charge in [-0.15, -0.1) is 0 Å². The molecule has 0 aliphatic carbocycles. The van der Waals surface area contributed by atoms with Crippen molar-refractivity contribution in [2.45, 2.75) is 25.4 Å². The second-order valence-electron chi connectivity index (χ2n) is 6.54. The van der Waals surface area contributed by atoms with Gasteiger partial charge in [0.15, 0.2) is 5.60 Å². The number of hydrogen-bond acceptors (Lipinski definition) is 5. The lowest BCUT2D eigenvalue weighted by Gasteiger charge is -2.20. The SMILES string of the molecule is CC(=O)N1CCC2(CC(C(=O)Nc3cccc4cnccc34)=NO2)C1. The predicted octanol–water partition coefficient (Wildman–Crippen LogP) is 1.94. The summed E-state index contributed by atoms with van der Waals surface area (Å²) in [5, 5.41) is 8.78. The van der Waals surface area contributed by atoms with E-state index in [1.54, 1.807) is 17.3 Å². The number of likely N-dealkylation sites (tertiary alicyclic amines) is 1. The van der Waals surface area contributed by atoms with Crippen LogP contribution in [0.25, 0.3) is 10.8 Å². The monoisotopic (exact) mass is 338 g/mol. The summed E-state index contributed by atoms with van der Waals surface area (Å²) in [6.45, 7) is 2.65. The number of benzene rings is 1. The van der Waals surface area contributed by atoms with Gasteiger partial charge in [0.05, 0.1) is 6.54 Å². The van der Waals surface area contributed by atoms with Crippen LogP contribution in [-0.2, 0) is 14.4 Å². The molecule has 7 heteroatoms. The van der Waals surface area contributed by atoms with E-state index in [2.05, 4.69) is 15.5 Å². The molecule has 1 atom stereocenters. The second-order valence-corrected chi connectivity index (χ2v) is 6.54. The summed E-state index contributed by atoms with van der Waals surface area (Å²) in [5.74, 6) is -0.259. The number of rotatable bonds is 2. The average molecular weight is 338 g/mol. The van der Waals surface area contributed by atoms with Crippen LogP contribution < -0.4 is 5.32 Å². The van der Waals surface area contributed by atoms with Crippen molar-refractivity contribution < 1.29 is 14.4 Å². The summed E-state index contributed by atoms with van der Waals surface area (Å²) in [4.78, 5) is 35.5. The molecule has 25 heavy (non-hydrogen) atoms. The van der Waals surface area contributed by atoms with E-state index in [4.69, 9.17) is 4.84 Å². The first-order valence-corrected chi connectivity index (χ1v) is 8.21. The molecule has 1 unspecified atom stereocenters. The third kappa shape index (κ3) is 2.82. The van der Waals surface area contributed by atoms with Crippen molar-refractivity contribution in [2.24, 2.45) is 5.16 Å². The molecule has 0 radical (unpaired) electrons. The van der Waals surface area contributed by atoms with Crippen molar-refractivity contribution in [3.63, 3.8) is 0 Å². The lowest BCUT2D eigenvalue weighted by molar-refractivity contribution is -0.129. The van der Waals surface area contributed by atoms with E-state index >= 15 is 0 Å². The highest BCUT2D eigenvalue weighted by molar-refractivity contribution is 6.43. The summed E-state index contributed by atoms with van der Waals surface area (Å²) >= 11 is 0. The Labute approximate surface area is 144 Å². The molecule has 1 aromatic carbocycles. The molecule has 3 heterocycles. The van der Waals surface area contributed by atoms with Crippen molar-refractivity contribution in [3.8, 4) is 0 Å². The van der Waals surface area contributed by atoms with E-state index in [1.165, 1.54) is 6.92 Å². The summed E-state index contributed by atoms with van der Waals surface area (Å²) in [5.41, 5.74) is 0.517. The van der Waals surface area contributed by atoms with Crippen LogP contribution in [0, 0.1) is 0 Å². The summed E-state index contributed by atoms with van der Waals surface area (Å²) in [6, 6.07) is 7.52. The van der Waals surface area contributed by atoms with Crippen molar-refractivity contribution in [2.75, 3.05) is 18.4 Å². The van der Waals surface area contributed by atoms with Crippen LogP contribution in [0.15, 0.2) is 41.8 Å². The van der Waals surface area contributed by atoms with Gasteiger partial charge in [0.25, 0.3) is 5.91 Å². The van der Waals surface area contributed by atoms with Gasteiger partial charge in [-0.1, -0.05) is 17.3 Å². The minimum absolute atomic E-state index is 0.0164. The maximum atomic E-state index is 12.6. The Balaban J connectivity index is 1.48. The maximum absolute atomic E-state index is 12.6. The lowest BCUT2D eigenvalue weighted by atomic mass is 9.96. The molecule has 2 aliphatic rings. The highest BCUT2D eigenvalue weighted by Crippen LogP contribution is 2.34. The molecule has 0 bridgehead atoms. The molecule has 1 N–H and O–H groups in total. The van der Waals surface area contributed by atoms with E-state index < -0.39 is 5.60 Å². The van der Waals surface area contributed by atoms with Gasteiger partial charge in [0, 0.05) is 55.2 Å². The third-order valence-corrected chi connectivity index (χ3v) is 4.79. The van der Waals surface area contributed by atoms with Crippen LogP contribution in [0.4, 0.5) is 5.69 Å². The number of pyridine rings is 1.